The molecule has 0 bridgehead atoms. The molecule has 106 valence electrons. The maximum absolute atomic E-state index is 11.8. The van der Waals surface area contributed by atoms with Crippen LogP contribution in [-0.4, -0.2) is 21.7 Å². The molecule has 0 aliphatic heterocycles. The van der Waals surface area contributed by atoms with Gasteiger partial charge in [0.05, 0.1) is 6.20 Å². The molecular formula is C15H18BrN3O. The molecule has 1 heterocycles. The van der Waals surface area contributed by atoms with Gasteiger partial charge in [-0.25, -0.2) is 0 Å². The fourth-order valence-corrected chi connectivity index (χ4v) is 2.24. The van der Waals surface area contributed by atoms with Crippen LogP contribution in [0.4, 0.5) is 0 Å². The molecule has 1 atom stereocenters. The Kier molecular flexibility index (Phi) is 4.95. The summed E-state index contributed by atoms with van der Waals surface area (Å²) in [7, 11) is 0. The molecule has 0 unspecified atom stereocenters. The number of hydrogen-bond donors (Lipinski definition) is 1. The van der Waals surface area contributed by atoms with Crippen LogP contribution in [0.2, 0.25) is 0 Å². The Bertz CT molecular complexity index is 594. The number of carbonyl (C=O) groups is 1. The van der Waals surface area contributed by atoms with Gasteiger partial charge in [0.2, 0.25) is 5.91 Å². The lowest BCUT2D eigenvalue weighted by Crippen LogP contribution is -2.34. The Hall–Kier alpha value is -1.62. The molecule has 5 heteroatoms. The monoisotopic (exact) mass is 335 g/mol. The van der Waals surface area contributed by atoms with E-state index in [1.54, 1.807) is 10.9 Å². The van der Waals surface area contributed by atoms with Crippen molar-refractivity contribution < 1.29 is 4.79 Å². The maximum Gasteiger partial charge on any atom is 0.241 e. The lowest BCUT2D eigenvalue weighted by molar-refractivity contribution is -0.122. The first kappa shape index (κ1) is 14.8. The Labute approximate surface area is 127 Å². The topological polar surface area (TPSA) is 46.9 Å². The molecule has 0 saturated heterocycles. The molecule has 0 fully saturated rings. The Balaban J connectivity index is 2.04. The van der Waals surface area contributed by atoms with Crippen molar-refractivity contribution in [1.29, 1.82) is 0 Å². The van der Waals surface area contributed by atoms with Crippen molar-refractivity contribution in [2.75, 3.05) is 0 Å². The minimum absolute atomic E-state index is 0.0109. The fraction of sp³-hybridized carbons (Fsp3) is 0.333. The molecule has 0 spiro atoms. The van der Waals surface area contributed by atoms with Gasteiger partial charge in [-0.05, 0) is 31.0 Å². The van der Waals surface area contributed by atoms with Gasteiger partial charge < -0.3 is 5.32 Å². The Morgan fingerprint density at radius 1 is 1.45 bits per heavy atom. The van der Waals surface area contributed by atoms with Gasteiger partial charge in [0, 0.05) is 22.3 Å². The average Bonchev–Trinajstić information content (AvgIpc) is 2.87. The van der Waals surface area contributed by atoms with Crippen LogP contribution in [0.3, 0.4) is 0 Å². The van der Waals surface area contributed by atoms with Crippen LogP contribution in [0.15, 0.2) is 41.1 Å². The Morgan fingerprint density at radius 3 is 2.95 bits per heavy atom. The first-order valence-electron chi connectivity index (χ1n) is 6.66. The van der Waals surface area contributed by atoms with E-state index >= 15 is 0 Å². The number of rotatable bonds is 5. The van der Waals surface area contributed by atoms with Gasteiger partial charge in [-0.3, -0.25) is 9.48 Å². The van der Waals surface area contributed by atoms with Crippen molar-refractivity contribution >= 4 is 21.8 Å². The van der Waals surface area contributed by atoms with Crippen molar-refractivity contribution in [2.24, 2.45) is 0 Å². The van der Waals surface area contributed by atoms with Crippen LogP contribution in [0.5, 0.6) is 0 Å². The van der Waals surface area contributed by atoms with Gasteiger partial charge in [0.1, 0.15) is 6.54 Å². The molecule has 0 aliphatic rings. The van der Waals surface area contributed by atoms with E-state index in [9.17, 15) is 4.79 Å². The molecule has 0 radical (unpaired) electrons. The van der Waals surface area contributed by atoms with Gasteiger partial charge in [-0.15, -0.1) is 0 Å². The van der Waals surface area contributed by atoms with Crippen LogP contribution in [0.1, 0.15) is 20.3 Å². The van der Waals surface area contributed by atoms with Crippen LogP contribution in [-0.2, 0) is 11.3 Å². The van der Waals surface area contributed by atoms with Gasteiger partial charge in [0.25, 0.3) is 0 Å². The third kappa shape index (κ3) is 3.93. The predicted octanol–water partition coefficient (Wildman–Crippen LogP) is 3.23. The molecule has 0 aliphatic carbocycles. The minimum atomic E-state index is -0.0109. The lowest BCUT2D eigenvalue weighted by atomic mass is 10.1. The summed E-state index contributed by atoms with van der Waals surface area (Å²) in [5.41, 5.74) is 2.08. The second kappa shape index (κ2) is 6.70. The van der Waals surface area contributed by atoms with E-state index in [-0.39, 0.29) is 18.5 Å². The molecule has 20 heavy (non-hydrogen) atoms. The van der Waals surface area contributed by atoms with Crippen LogP contribution < -0.4 is 5.32 Å². The summed E-state index contributed by atoms with van der Waals surface area (Å²) in [5.74, 6) is -0.0109. The van der Waals surface area contributed by atoms with E-state index in [1.807, 2.05) is 44.3 Å². The first-order chi connectivity index (χ1) is 9.58. The summed E-state index contributed by atoms with van der Waals surface area (Å²) in [6.45, 7) is 4.29. The van der Waals surface area contributed by atoms with E-state index in [0.29, 0.717) is 0 Å². The normalized spacial score (nSPS) is 12.2. The van der Waals surface area contributed by atoms with Crippen LogP contribution >= 0.6 is 15.9 Å². The van der Waals surface area contributed by atoms with Crippen molar-refractivity contribution in [1.82, 2.24) is 15.1 Å². The zero-order valence-corrected chi connectivity index (χ0v) is 13.2. The Morgan fingerprint density at radius 2 is 2.25 bits per heavy atom. The highest BCUT2D eigenvalue weighted by Crippen LogP contribution is 2.22. The summed E-state index contributed by atoms with van der Waals surface area (Å²) >= 11 is 3.45. The van der Waals surface area contributed by atoms with Crippen molar-refractivity contribution in [3.05, 3.63) is 41.1 Å². The van der Waals surface area contributed by atoms with Crippen LogP contribution in [0, 0.1) is 0 Å². The summed E-state index contributed by atoms with van der Waals surface area (Å²) < 4.78 is 2.69. The van der Waals surface area contributed by atoms with Gasteiger partial charge >= 0.3 is 0 Å². The van der Waals surface area contributed by atoms with E-state index in [2.05, 4.69) is 26.3 Å². The molecule has 2 aromatic rings. The highest BCUT2D eigenvalue weighted by Gasteiger charge is 2.08. The van der Waals surface area contributed by atoms with Crippen molar-refractivity contribution in [3.63, 3.8) is 0 Å². The summed E-state index contributed by atoms with van der Waals surface area (Å²) in [6, 6.07) is 8.20. The number of aromatic nitrogens is 2. The molecule has 4 nitrogen and oxygen atoms in total. The van der Waals surface area contributed by atoms with Crippen molar-refractivity contribution in [3.8, 4) is 11.1 Å². The number of carbonyl (C=O) groups excluding carboxylic acids is 1. The first-order valence-corrected chi connectivity index (χ1v) is 7.45. The largest absolute Gasteiger partial charge is 0.352 e. The molecule has 0 saturated carbocycles. The second-order valence-corrected chi connectivity index (χ2v) is 5.73. The van der Waals surface area contributed by atoms with E-state index in [0.717, 1.165) is 22.0 Å². The van der Waals surface area contributed by atoms with Gasteiger partial charge in [-0.1, -0.05) is 35.0 Å². The number of nitrogens with one attached hydrogen (secondary N) is 1. The van der Waals surface area contributed by atoms with Gasteiger partial charge in [-0.2, -0.15) is 5.10 Å². The zero-order valence-electron chi connectivity index (χ0n) is 11.6. The number of benzene rings is 1. The molecule has 2 rings (SSSR count). The second-order valence-electron chi connectivity index (χ2n) is 4.81. The number of hydrogen-bond acceptors (Lipinski definition) is 2. The van der Waals surface area contributed by atoms with Crippen LogP contribution in [0.25, 0.3) is 11.1 Å². The smallest absolute Gasteiger partial charge is 0.241 e. The molecule has 1 aromatic heterocycles. The standard InChI is InChI=1S/C15H18BrN3O/c1-3-11(2)18-15(20)10-19-9-13(8-17-19)12-5-4-6-14(16)7-12/h4-9,11H,3,10H2,1-2H3,(H,18,20)/t11-/m1/s1. The van der Waals surface area contributed by atoms with E-state index in [4.69, 9.17) is 0 Å². The molecular weight excluding hydrogens is 318 g/mol. The maximum atomic E-state index is 11.8. The third-order valence-corrected chi connectivity index (χ3v) is 3.61. The highest BCUT2D eigenvalue weighted by molar-refractivity contribution is 9.10. The third-order valence-electron chi connectivity index (χ3n) is 3.12. The van der Waals surface area contributed by atoms with Gasteiger partial charge in [0.15, 0.2) is 0 Å². The average molecular weight is 336 g/mol. The SMILES string of the molecule is CC[C@@H](C)NC(=O)Cn1cc(-c2cccc(Br)c2)cn1. The number of amides is 1. The predicted molar refractivity (Wildman–Crippen MR) is 83.3 cm³/mol. The number of halogens is 1. The fourth-order valence-electron chi connectivity index (χ4n) is 1.84. The summed E-state index contributed by atoms with van der Waals surface area (Å²) in [6.07, 6.45) is 4.59. The van der Waals surface area contributed by atoms with Crippen molar-refractivity contribution in [2.45, 2.75) is 32.9 Å². The van der Waals surface area contributed by atoms with E-state index < -0.39 is 0 Å². The summed E-state index contributed by atoms with van der Waals surface area (Å²) in [4.78, 5) is 11.8. The molecule has 1 aromatic carbocycles. The minimum Gasteiger partial charge on any atom is -0.352 e. The number of nitrogens with zero attached hydrogens (tertiary/aromatic N) is 2. The highest BCUT2D eigenvalue weighted by atomic mass is 79.9. The lowest BCUT2D eigenvalue weighted by Gasteiger charge is -2.10. The summed E-state index contributed by atoms with van der Waals surface area (Å²) in [5, 5.41) is 7.16. The molecule has 1 amide bonds. The quantitative estimate of drug-likeness (QED) is 0.911. The zero-order chi connectivity index (χ0) is 14.5. The van der Waals surface area contributed by atoms with E-state index in [1.165, 1.54) is 0 Å². The molecule has 1 N–H and O–H groups in total.